The predicted molar refractivity (Wildman–Crippen MR) is 45.8 cm³/mol. The van der Waals surface area contributed by atoms with Gasteiger partial charge < -0.3 is 21.1 Å². The van der Waals surface area contributed by atoms with Gasteiger partial charge in [-0.15, -0.1) is 0 Å². The minimum Gasteiger partial charge on any atom is -0.394 e. The molecule has 0 fully saturated rings. The van der Waals surface area contributed by atoms with Crippen LogP contribution >= 0.6 is 0 Å². The number of hydrogen-bond acceptors (Lipinski definition) is 6. The Bertz CT molecular complexity index is 356. The lowest BCUT2D eigenvalue weighted by Crippen LogP contribution is -2.23. The van der Waals surface area contributed by atoms with Gasteiger partial charge in [0.05, 0.1) is 12.3 Å². The summed E-state index contributed by atoms with van der Waals surface area (Å²) in [6, 6.07) is 1.73. The van der Waals surface area contributed by atoms with E-state index in [0.29, 0.717) is 0 Å². The fraction of sp³-hybridized carbons (Fsp3) is 0.429. The summed E-state index contributed by atoms with van der Waals surface area (Å²) in [7, 11) is 0. The molecular formula is C7H10N4O3. The molecule has 7 heteroatoms. The van der Waals surface area contributed by atoms with Gasteiger partial charge in [0.1, 0.15) is 23.8 Å². The molecule has 14 heavy (non-hydrogen) atoms. The monoisotopic (exact) mass is 198 g/mol. The number of nitrogens with zero attached hydrogens (tertiary/aromatic N) is 2. The molecule has 1 aromatic rings. The number of aliphatic hydroxyl groups excluding tert-OH is 3. The topological polar surface area (TPSA) is 139 Å². The van der Waals surface area contributed by atoms with Gasteiger partial charge in [-0.25, -0.2) is 0 Å². The first-order valence-electron chi connectivity index (χ1n) is 3.82. The zero-order chi connectivity index (χ0) is 10.7. The van der Waals surface area contributed by atoms with E-state index in [9.17, 15) is 5.11 Å². The third-order valence-corrected chi connectivity index (χ3v) is 1.78. The van der Waals surface area contributed by atoms with Gasteiger partial charge in [-0.05, 0) is 0 Å². The normalized spacial score (nSPS) is 14.7. The largest absolute Gasteiger partial charge is 0.394 e. The Balaban J connectivity index is 3.02. The Labute approximate surface area is 79.4 Å². The molecule has 7 nitrogen and oxygen atoms in total. The van der Waals surface area contributed by atoms with Crippen LogP contribution < -0.4 is 5.73 Å². The van der Waals surface area contributed by atoms with Gasteiger partial charge in [-0.2, -0.15) is 10.4 Å². The molecule has 76 valence electrons. The lowest BCUT2D eigenvalue weighted by Gasteiger charge is -2.13. The number of nitrogens with two attached hydrogens (primary N) is 1. The Morgan fingerprint density at radius 3 is 2.71 bits per heavy atom. The number of H-pyrrole nitrogens is 1. The van der Waals surface area contributed by atoms with E-state index in [2.05, 4.69) is 10.2 Å². The standard InChI is InChI=1S/C7H10N4O3/c8-1-3-5(10-11-7(3)9)6(14)4(13)2-12/h4,6,12-14H,2H2,(H3,9,10,11). The van der Waals surface area contributed by atoms with Crippen LogP contribution in [0.2, 0.25) is 0 Å². The maximum Gasteiger partial charge on any atom is 0.163 e. The summed E-state index contributed by atoms with van der Waals surface area (Å²) in [6.45, 7) is -0.620. The molecule has 0 saturated heterocycles. The van der Waals surface area contributed by atoms with Crippen LogP contribution in [0.3, 0.4) is 0 Å². The maximum atomic E-state index is 9.43. The van der Waals surface area contributed by atoms with Gasteiger partial charge >= 0.3 is 0 Å². The molecule has 6 N–H and O–H groups in total. The van der Waals surface area contributed by atoms with Crippen molar-refractivity contribution in [2.24, 2.45) is 0 Å². The molecule has 0 radical (unpaired) electrons. The molecule has 0 aliphatic rings. The summed E-state index contributed by atoms with van der Waals surface area (Å²) in [5.74, 6) is -0.0494. The van der Waals surface area contributed by atoms with E-state index >= 15 is 0 Å². The molecule has 0 amide bonds. The smallest absolute Gasteiger partial charge is 0.163 e. The summed E-state index contributed by atoms with van der Waals surface area (Å²) in [4.78, 5) is 0. The van der Waals surface area contributed by atoms with Crippen molar-refractivity contribution in [1.82, 2.24) is 10.2 Å². The molecule has 0 spiro atoms. The quantitative estimate of drug-likeness (QED) is 0.390. The molecule has 2 atom stereocenters. The number of anilines is 1. The number of aromatic amines is 1. The van der Waals surface area contributed by atoms with Gasteiger partial charge in [0.2, 0.25) is 0 Å². The summed E-state index contributed by atoms with van der Waals surface area (Å²) < 4.78 is 0. The highest BCUT2D eigenvalue weighted by Gasteiger charge is 2.24. The van der Waals surface area contributed by atoms with Crippen molar-refractivity contribution in [1.29, 1.82) is 5.26 Å². The molecule has 1 aromatic heterocycles. The molecular weight excluding hydrogens is 188 g/mol. The second-order valence-corrected chi connectivity index (χ2v) is 2.70. The molecule has 1 heterocycles. The number of rotatable bonds is 3. The number of nitrogens with one attached hydrogen (secondary N) is 1. The fourth-order valence-electron chi connectivity index (χ4n) is 0.994. The molecule has 0 aromatic carbocycles. The summed E-state index contributed by atoms with van der Waals surface area (Å²) in [6.07, 6.45) is -2.78. The van der Waals surface area contributed by atoms with E-state index in [1.54, 1.807) is 6.07 Å². The average Bonchev–Trinajstić information content (AvgIpc) is 2.57. The Hall–Kier alpha value is -1.62. The van der Waals surface area contributed by atoms with Gasteiger partial charge in [0.15, 0.2) is 5.82 Å². The molecule has 0 saturated carbocycles. The minimum absolute atomic E-state index is 0.00606. The van der Waals surface area contributed by atoms with Crippen LogP contribution in [-0.4, -0.2) is 38.2 Å². The van der Waals surface area contributed by atoms with Crippen LogP contribution in [0, 0.1) is 11.3 Å². The third kappa shape index (κ3) is 1.67. The van der Waals surface area contributed by atoms with Gasteiger partial charge in [0, 0.05) is 0 Å². The van der Waals surface area contributed by atoms with E-state index in [-0.39, 0.29) is 17.1 Å². The van der Waals surface area contributed by atoms with E-state index in [1.807, 2.05) is 0 Å². The van der Waals surface area contributed by atoms with Crippen LogP contribution in [0.1, 0.15) is 17.4 Å². The van der Waals surface area contributed by atoms with Crippen molar-refractivity contribution in [3.63, 3.8) is 0 Å². The van der Waals surface area contributed by atoms with Crippen LogP contribution in [0.25, 0.3) is 0 Å². The van der Waals surface area contributed by atoms with Crippen molar-refractivity contribution < 1.29 is 15.3 Å². The highest BCUT2D eigenvalue weighted by molar-refractivity contribution is 5.51. The summed E-state index contributed by atoms with van der Waals surface area (Å²) in [5, 5.41) is 41.6. The van der Waals surface area contributed by atoms with E-state index < -0.39 is 18.8 Å². The van der Waals surface area contributed by atoms with E-state index in [4.69, 9.17) is 21.2 Å². The average molecular weight is 198 g/mol. The van der Waals surface area contributed by atoms with E-state index in [1.165, 1.54) is 0 Å². The lowest BCUT2D eigenvalue weighted by molar-refractivity contribution is -0.0174. The predicted octanol–water partition coefficient (Wildman–Crippen LogP) is -1.75. The molecule has 2 unspecified atom stereocenters. The molecule has 0 aliphatic carbocycles. The first-order valence-corrected chi connectivity index (χ1v) is 3.82. The van der Waals surface area contributed by atoms with Crippen molar-refractivity contribution in [2.45, 2.75) is 12.2 Å². The second kappa shape index (κ2) is 4.06. The van der Waals surface area contributed by atoms with Crippen LogP contribution in [0.5, 0.6) is 0 Å². The first kappa shape index (κ1) is 10.5. The number of nitrogen functional groups attached to an aromatic ring is 1. The minimum atomic E-state index is -1.40. The molecule has 0 aliphatic heterocycles. The number of hydrogen-bond donors (Lipinski definition) is 5. The first-order chi connectivity index (χ1) is 6.61. The Kier molecular flexibility index (Phi) is 3.03. The second-order valence-electron chi connectivity index (χ2n) is 2.70. The van der Waals surface area contributed by atoms with E-state index in [0.717, 1.165) is 0 Å². The van der Waals surface area contributed by atoms with Crippen molar-refractivity contribution in [2.75, 3.05) is 12.3 Å². The highest BCUT2D eigenvalue weighted by Crippen LogP contribution is 2.21. The van der Waals surface area contributed by atoms with Crippen LogP contribution in [0.15, 0.2) is 0 Å². The van der Waals surface area contributed by atoms with Crippen molar-refractivity contribution in [3.05, 3.63) is 11.3 Å². The Morgan fingerprint density at radius 2 is 2.21 bits per heavy atom. The number of nitriles is 1. The zero-order valence-corrected chi connectivity index (χ0v) is 7.18. The SMILES string of the molecule is N#Cc1c(N)n[nH]c1C(O)C(O)CO. The van der Waals surface area contributed by atoms with Crippen molar-refractivity contribution in [3.8, 4) is 6.07 Å². The Morgan fingerprint density at radius 1 is 1.57 bits per heavy atom. The van der Waals surface area contributed by atoms with Gasteiger partial charge in [-0.1, -0.05) is 0 Å². The van der Waals surface area contributed by atoms with Crippen LogP contribution in [0.4, 0.5) is 5.82 Å². The summed E-state index contributed by atoms with van der Waals surface area (Å²) >= 11 is 0. The zero-order valence-electron chi connectivity index (χ0n) is 7.18. The van der Waals surface area contributed by atoms with Gasteiger partial charge in [-0.3, -0.25) is 5.10 Å². The van der Waals surface area contributed by atoms with Crippen molar-refractivity contribution >= 4 is 5.82 Å². The highest BCUT2D eigenvalue weighted by atomic mass is 16.4. The lowest BCUT2D eigenvalue weighted by atomic mass is 10.1. The fourth-order valence-corrected chi connectivity index (χ4v) is 0.994. The number of aromatic nitrogens is 2. The molecule has 0 bridgehead atoms. The maximum absolute atomic E-state index is 9.43. The third-order valence-electron chi connectivity index (χ3n) is 1.78. The van der Waals surface area contributed by atoms with Gasteiger partial charge in [0.25, 0.3) is 0 Å². The number of aliphatic hydroxyl groups is 3. The van der Waals surface area contributed by atoms with Crippen LogP contribution in [-0.2, 0) is 0 Å². The summed E-state index contributed by atoms with van der Waals surface area (Å²) in [5.41, 5.74) is 5.29. The molecule has 1 rings (SSSR count).